The number of H-pyrrole nitrogens is 1. The van der Waals surface area contributed by atoms with E-state index in [-0.39, 0.29) is 0 Å². The number of carbonyl (C=O) groups is 1. The number of nitrogens with two attached hydrogens (primary N) is 1. The number of piperidine rings is 1. The number of aromatic amines is 1. The zero-order chi connectivity index (χ0) is 25.1. The summed E-state index contributed by atoms with van der Waals surface area (Å²) in [7, 11) is 0. The van der Waals surface area contributed by atoms with Crippen molar-refractivity contribution in [1.82, 2.24) is 24.8 Å². The number of aromatic nitrogens is 3. The van der Waals surface area contributed by atoms with Gasteiger partial charge in [-0.1, -0.05) is 19.1 Å². The number of nitrogen functional groups attached to an aromatic ring is 1. The van der Waals surface area contributed by atoms with Crippen LogP contribution >= 0.6 is 0 Å². The van der Waals surface area contributed by atoms with Crippen molar-refractivity contribution in [3.63, 3.8) is 0 Å². The number of carboxylic acids is 1. The lowest BCUT2D eigenvalue weighted by Crippen LogP contribution is -2.58. The fraction of sp³-hybridized carbons (Fsp3) is 0.444. The van der Waals surface area contributed by atoms with Crippen molar-refractivity contribution in [1.29, 1.82) is 0 Å². The van der Waals surface area contributed by atoms with E-state index in [9.17, 15) is 4.79 Å². The van der Waals surface area contributed by atoms with E-state index in [1.807, 2.05) is 24.4 Å². The van der Waals surface area contributed by atoms with E-state index in [0.29, 0.717) is 23.3 Å². The van der Waals surface area contributed by atoms with Crippen LogP contribution in [0.4, 0.5) is 11.5 Å². The topological polar surface area (TPSA) is 115 Å². The third-order valence-corrected chi connectivity index (χ3v) is 7.60. The van der Waals surface area contributed by atoms with Crippen LogP contribution in [-0.4, -0.2) is 80.6 Å². The first-order chi connectivity index (χ1) is 17.5. The van der Waals surface area contributed by atoms with E-state index in [0.717, 1.165) is 75.7 Å². The second-order valence-electron chi connectivity index (χ2n) is 9.83. The maximum Gasteiger partial charge on any atom is 0.335 e. The Morgan fingerprint density at radius 3 is 2.56 bits per heavy atom. The Morgan fingerprint density at radius 2 is 1.92 bits per heavy atom. The number of likely N-dealkylation sites (tertiary alicyclic amines) is 1. The highest BCUT2D eigenvalue weighted by molar-refractivity contribution is 5.87. The van der Waals surface area contributed by atoms with Crippen LogP contribution in [0.5, 0.6) is 0 Å². The second-order valence-corrected chi connectivity index (χ2v) is 9.83. The van der Waals surface area contributed by atoms with Gasteiger partial charge in [-0.3, -0.25) is 9.80 Å². The summed E-state index contributed by atoms with van der Waals surface area (Å²) in [6.07, 6.45) is 8.78. The van der Waals surface area contributed by atoms with Gasteiger partial charge in [0.05, 0.1) is 11.3 Å². The number of anilines is 2. The maximum atomic E-state index is 11.1. The lowest BCUT2D eigenvalue weighted by atomic mass is 9.97. The summed E-state index contributed by atoms with van der Waals surface area (Å²) in [6, 6.07) is 10.3. The van der Waals surface area contributed by atoms with Crippen molar-refractivity contribution >= 4 is 17.5 Å². The number of aromatic carboxylic acids is 1. The zero-order valence-corrected chi connectivity index (χ0v) is 20.8. The molecule has 2 fully saturated rings. The van der Waals surface area contributed by atoms with Crippen molar-refractivity contribution in [3.8, 4) is 11.4 Å². The molecule has 2 aliphatic heterocycles. The molecule has 0 unspecified atom stereocenters. The van der Waals surface area contributed by atoms with Gasteiger partial charge in [0.15, 0.2) is 5.82 Å². The molecule has 0 saturated carbocycles. The molecule has 190 valence electrons. The summed E-state index contributed by atoms with van der Waals surface area (Å²) >= 11 is 0. The summed E-state index contributed by atoms with van der Waals surface area (Å²) in [5.41, 5.74) is 9.53. The van der Waals surface area contributed by atoms with E-state index in [4.69, 9.17) is 15.8 Å². The van der Waals surface area contributed by atoms with Crippen LogP contribution in [0.1, 0.15) is 42.1 Å². The normalized spacial score (nSPS) is 20.0. The smallest absolute Gasteiger partial charge is 0.335 e. The molecule has 3 aromatic rings. The lowest BCUT2D eigenvalue weighted by molar-refractivity contribution is 0.0610. The van der Waals surface area contributed by atoms with Gasteiger partial charge in [0, 0.05) is 62.4 Å². The highest BCUT2D eigenvalue weighted by Crippen LogP contribution is 2.30. The largest absolute Gasteiger partial charge is 0.478 e. The first kappa shape index (κ1) is 24.3. The van der Waals surface area contributed by atoms with Gasteiger partial charge in [0.2, 0.25) is 0 Å². The van der Waals surface area contributed by atoms with Gasteiger partial charge < -0.3 is 20.7 Å². The minimum absolute atomic E-state index is 0.340. The molecule has 4 N–H and O–H groups in total. The predicted molar refractivity (Wildman–Crippen MR) is 141 cm³/mol. The van der Waals surface area contributed by atoms with Crippen molar-refractivity contribution in [3.05, 3.63) is 60.0 Å². The van der Waals surface area contributed by atoms with E-state index < -0.39 is 5.97 Å². The van der Waals surface area contributed by atoms with E-state index in [1.54, 1.807) is 24.5 Å². The highest BCUT2D eigenvalue weighted by Gasteiger charge is 2.34. The molecule has 0 aliphatic carbocycles. The van der Waals surface area contributed by atoms with Crippen LogP contribution in [0.15, 0.2) is 48.9 Å². The van der Waals surface area contributed by atoms with Gasteiger partial charge in [-0.2, -0.15) is 0 Å². The number of rotatable bonds is 7. The molecular weight excluding hydrogens is 454 g/mol. The van der Waals surface area contributed by atoms with E-state index in [1.165, 1.54) is 5.56 Å². The molecule has 2 saturated heterocycles. The van der Waals surface area contributed by atoms with Gasteiger partial charge in [-0.15, -0.1) is 0 Å². The first-order valence-electron chi connectivity index (χ1n) is 12.8. The number of benzene rings is 1. The van der Waals surface area contributed by atoms with Gasteiger partial charge in [-0.25, -0.2) is 14.8 Å². The third-order valence-electron chi connectivity index (χ3n) is 7.60. The van der Waals surface area contributed by atoms with Crippen molar-refractivity contribution in [2.24, 2.45) is 0 Å². The SMILES string of the molecule is CC[C@H]1CN(c2ncc(-c3ncc[nH]3)cc2N)CCN1C1CCN(Cc2ccc(C(=O)O)cc2)CC1. The average molecular weight is 490 g/mol. The van der Waals surface area contributed by atoms with Crippen LogP contribution in [0, 0.1) is 0 Å². The summed E-state index contributed by atoms with van der Waals surface area (Å²) in [6.45, 7) is 8.13. The number of hydrogen-bond acceptors (Lipinski definition) is 7. The summed E-state index contributed by atoms with van der Waals surface area (Å²) in [5, 5.41) is 9.10. The Bertz CT molecular complexity index is 1160. The van der Waals surface area contributed by atoms with Crippen LogP contribution in [-0.2, 0) is 6.54 Å². The van der Waals surface area contributed by atoms with Crippen molar-refractivity contribution in [2.45, 2.75) is 44.8 Å². The number of hydrogen-bond donors (Lipinski definition) is 3. The fourth-order valence-corrected chi connectivity index (χ4v) is 5.62. The Hall–Kier alpha value is -3.43. The Kier molecular flexibility index (Phi) is 7.20. The Labute approximate surface area is 212 Å². The van der Waals surface area contributed by atoms with Crippen LogP contribution in [0.2, 0.25) is 0 Å². The standard InChI is InChI=1S/C27H35N7O2/c1-2-22-18-33(26-24(28)15-21(16-31-26)25-29-9-10-30-25)13-14-34(22)23-7-11-32(12-8-23)17-19-3-5-20(6-4-19)27(35)36/h3-6,9-10,15-16,22-23H,2,7-8,11-14,17-18,28H2,1H3,(H,29,30)(H,35,36)/t22-/m0/s1. The molecule has 36 heavy (non-hydrogen) atoms. The number of carboxylic acid groups (broad SMARTS) is 1. The third kappa shape index (κ3) is 5.22. The minimum atomic E-state index is -0.877. The van der Waals surface area contributed by atoms with Crippen molar-refractivity contribution in [2.75, 3.05) is 43.4 Å². The number of imidazole rings is 1. The molecule has 2 aromatic heterocycles. The summed E-state index contributed by atoms with van der Waals surface area (Å²) < 4.78 is 0. The molecule has 9 nitrogen and oxygen atoms in total. The van der Waals surface area contributed by atoms with E-state index in [2.05, 4.69) is 31.6 Å². The maximum absolute atomic E-state index is 11.1. The molecule has 4 heterocycles. The zero-order valence-electron chi connectivity index (χ0n) is 20.8. The lowest BCUT2D eigenvalue weighted by Gasteiger charge is -2.47. The van der Waals surface area contributed by atoms with Gasteiger partial charge in [-0.05, 0) is 56.1 Å². The molecule has 0 radical (unpaired) electrons. The molecule has 0 bridgehead atoms. The predicted octanol–water partition coefficient (Wildman–Crippen LogP) is 3.32. The second kappa shape index (κ2) is 10.7. The molecule has 0 spiro atoms. The minimum Gasteiger partial charge on any atom is -0.478 e. The molecule has 1 aromatic carbocycles. The monoisotopic (exact) mass is 489 g/mol. The molecule has 1 atom stereocenters. The average Bonchev–Trinajstić information content (AvgIpc) is 3.44. The number of piperazine rings is 1. The Morgan fingerprint density at radius 1 is 1.14 bits per heavy atom. The van der Waals surface area contributed by atoms with E-state index >= 15 is 0 Å². The first-order valence-corrected chi connectivity index (χ1v) is 12.8. The number of nitrogens with one attached hydrogen (secondary N) is 1. The quantitative estimate of drug-likeness (QED) is 0.463. The van der Waals surface area contributed by atoms with Gasteiger partial charge >= 0.3 is 5.97 Å². The van der Waals surface area contributed by atoms with Crippen LogP contribution < -0.4 is 10.6 Å². The molecular formula is C27H35N7O2. The Balaban J connectivity index is 1.16. The number of nitrogens with zero attached hydrogens (tertiary/aromatic N) is 5. The summed E-state index contributed by atoms with van der Waals surface area (Å²) in [4.78, 5) is 30.7. The molecule has 9 heteroatoms. The molecule has 5 rings (SSSR count). The fourth-order valence-electron chi connectivity index (χ4n) is 5.62. The van der Waals surface area contributed by atoms with Crippen LogP contribution in [0.25, 0.3) is 11.4 Å². The van der Waals surface area contributed by atoms with Gasteiger partial charge in [0.1, 0.15) is 5.82 Å². The highest BCUT2D eigenvalue weighted by atomic mass is 16.4. The summed E-state index contributed by atoms with van der Waals surface area (Å²) in [5.74, 6) is 0.769. The molecule has 2 aliphatic rings. The molecule has 0 amide bonds. The van der Waals surface area contributed by atoms with Crippen LogP contribution in [0.3, 0.4) is 0 Å². The van der Waals surface area contributed by atoms with Crippen molar-refractivity contribution < 1.29 is 9.90 Å². The van der Waals surface area contributed by atoms with Gasteiger partial charge in [0.25, 0.3) is 0 Å². The number of pyridine rings is 1.